The maximum absolute atomic E-state index is 12.4. The molecule has 0 bridgehead atoms. The van der Waals surface area contributed by atoms with Crippen molar-refractivity contribution in [2.24, 2.45) is 0 Å². The van der Waals surface area contributed by atoms with Gasteiger partial charge in [0.05, 0.1) is 23.9 Å². The first-order valence-corrected chi connectivity index (χ1v) is 8.85. The molecular formula is C21H21ClN2O2. The molecule has 134 valence electrons. The van der Waals surface area contributed by atoms with Gasteiger partial charge in [0.1, 0.15) is 0 Å². The fraction of sp³-hybridized carbons (Fsp3) is 0.238. The normalized spacial score (nSPS) is 12.2. The van der Waals surface area contributed by atoms with Gasteiger partial charge in [0.25, 0.3) is 0 Å². The van der Waals surface area contributed by atoms with E-state index in [2.05, 4.69) is 5.32 Å². The average molecular weight is 369 g/mol. The fourth-order valence-electron chi connectivity index (χ4n) is 3.13. The Morgan fingerprint density at radius 1 is 1.19 bits per heavy atom. The van der Waals surface area contributed by atoms with E-state index >= 15 is 0 Å². The lowest BCUT2D eigenvalue weighted by Crippen LogP contribution is -2.22. The van der Waals surface area contributed by atoms with Crippen molar-refractivity contribution in [3.63, 3.8) is 0 Å². The van der Waals surface area contributed by atoms with Crippen molar-refractivity contribution < 1.29 is 9.53 Å². The third-order valence-electron chi connectivity index (χ3n) is 4.56. The number of ether oxygens (including phenoxy) is 1. The molecule has 0 aliphatic carbocycles. The molecule has 0 radical (unpaired) electrons. The van der Waals surface area contributed by atoms with Crippen LogP contribution in [0.25, 0.3) is 10.9 Å². The number of aryl methyl sites for hydroxylation is 1. The number of para-hydroxylation sites is 1. The summed E-state index contributed by atoms with van der Waals surface area (Å²) >= 11 is 6.28. The monoisotopic (exact) mass is 368 g/mol. The Labute approximate surface area is 158 Å². The van der Waals surface area contributed by atoms with Crippen LogP contribution in [-0.2, 0) is 11.3 Å². The maximum atomic E-state index is 12.4. The SMILES string of the molecule is COC(=O)c1c(CN[C@@H](C)c2ccccc2Cl)nc2ccccc2c1C. The third-order valence-corrected chi connectivity index (χ3v) is 4.91. The van der Waals surface area contributed by atoms with Crippen LogP contribution in [0, 0.1) is 6.92 Å². The molecule has 4 nitrogen and oxygen atoms in total. The van der Waals surface area contributed by atoms with E-state index in [-0.39, 0.29) is 12.0 Å². The van der Waals surface area contributed by atoms with Crippen molar-refractivity contribution in [2.75, 3.05) is 7.11 Å². The summed E-state index contributed by atoms with van der Waals surface area (Å²) in [6.07, 6.45) is 0. The predicted octanol–water partition coefficient (Wildman–Crippen LogP) is 4.83. The van der Waals surface area contributed by atoms with Gasteiger partial charge in [-0.25, -0.2) is 4.79 Å². The van der Waals surface area contributed by atoms with Gasteiger partial charge in [-0.3, -0.25) is 4.98 Å². The van der Waals surface area contributed by atoms with Gasteiger partial charge in [0, 0.05) is 23.0 Å². The predicted molar refractivity (Wildman–Crippen MR) is 105 cm³/mol. The average Bonchev–Trinajstić information content (AvgIpc) is 2.66. The first kappa shape index (κ1) is 18.4. The number of esters is 1. The summed E-state index contributed by atoms with van der Waals surface area (Å²) in [6, 6.07) is 15.5. The molecule has 0 fully saturated rings. The van der Waals surface area contributed by atoms with E-state index in [0.29, 0.717) is 22.8 Å². The molecule has 1 heterocycles. The molecule has 5 heteroatoms. The zero-order valence-electron chi connectivity index (χ0n) is 15.0. The molecule has 2 aromatic carbocycles. The van der Waals surface area contributed by atoms with Crippen molar-refractivity contribution >= 4 is 28.5 Å². The van der Waals surface area contributed by atoms with E-state index < -0.39 is 0 Å². The Balaban J connectivity index is 1.96. The smallest absolute Gasteiger partial charge is 0.340 e. The van der Waals surface area contributed by atoms with Crippen LogP contribution in [0.2, 0.25) is 5.02 Å². The van der Waals surface area contributed by atoms with Crippen molar-refractivity contribution in [1.29, 1.82) is 0 Å². The standard InChI is InChI=1S/C21H21ClN2O2/c1-13-15-8-5-7-11-18(15)24-19(20(13)21(25)26-3)12-23-14(2)16-9-4-6-10-17(16)22/h4-11,14,23H,12H2,1-3H3/t14-/m0/s1. The highest BCUT2D eigenvalue weighted by atomic mass is 35.5. The molecule has 3 rings (SSSR count). The number of carbonyl (C=O) groups excluding carboxylic acids is 1. The Morgan fingerprint density at radius 2 is 1.88 bits per heavy atom. The van der Waals surface area contributed by atoms with Crippen LogP contribution in [0.3, 0.4) is 0 Å². The van der Waals surface area contributed by atoms with E-state index in [1.54, 1.807) is 0 Å². The Bertz CT molecular complexity index is 956. The van der Waals surface area contributed by atoms with Gasteiger partial charge < -0.3 is 10.1 Å². The van der Waals surface area contributed by atoms with Gasteiger partial charge in [-0.1, -0.05) is 48.0 Å². The van der Waals surface area contributed by atoms with Crippen LogP contribution >= 0.6 is 11.6 Å². The number of hydrogen-bond donors (Lipinski definition) is 1. The lowest BCUT2D eigenvalue weighted by Gasteiger charge is -2.18. The van der Waals surface area contributed by atoms with Gasteiger partial charge in [-0.15, -0.1) is 0 Å². The number of nitrogens with zero attached hydrogens (tertiary/aromatic N) is 1. The molecule has 0 saturated heterocycles. The van der Waals surface area contributed by atoms with Crippen LogP contribution in [0.15, 0.2) is 48.5 Å². The highest BCUT2D eigenvalue weighted by Crippen LogP contribution is 2.25. The Kier molecular flexibility index (Phi) is 5.55. The van der Waals surface area contributed by atoms with Crippen LogP contribution in [-0.4, -0.2) is 18.1 Å². The van der Waals surface area contributed by atoms with Crippen molar-refractivity contribution in [1.82, 2.24) is 10.3 Å². The molecule has 0 amide bonds. The van der Waals surface area contributed by atoms with E-state index in [1.807, 2.05) is 62.4 Å². The fourth-order valence-corrected chi connectivity index (χ4v) is 3.43. The van der Waals surface area contributed by atoms with Gasteiger partial charge >= 0.3 is 5.97 Å². The van der Waals surface area contributed by atoms with Gasteiger partial charge in [0.2, 0.25) is 0 Å². The Morgan fingerprint density at radius 3 is 2.62 bits per heavy atom. The molecule has 0 spiro atoms. The second-order valence-corrected chi connectivity index (χ2v) is 6.60. The largest absolute Gasteiger partial charge is 0.465 e. The van der Waals surface area contributed by atoms with E-state index in [0.717, 1.165) is 22.0 Å². The second-order valence-electron chi connectivity index (χ2n) is 6.19. The summed E-state index contributed by atoms with van der Waals surface area (Å²) in [5.74, 6) is -0.372. The molecule has 0 saturated carbocycles. The van der Waals surface area contributed by atoms with Gasteiger partial charge in [0.15, 0.2) is 0 Å². The number of aromatic nitrogens is 1. The first-order chi connectivity index (χ1) is 12.5. The molecule has 0 aliphatic rings. The summed E-state index contributed by atoms with van der Waals surface area (Å²) < 4.78 is 4.99. The highest BCUT2D eigenvalue weighted by Gasteiger charge is 2.20. The van der Waals surface area contributed by atoms with E-state index in [4.69, 9.17) is 21.3 Å². The van der Waals surface area contributed by atoms with E-state index in [9.17, 15) is 4.79 Å². The lowest BCUT2D eigenvalue weighted by molar-refractivity contribution is 0.0598. The summed E-state index contributed by atoms with van der Waals surface area (Å²) in [5.41, 5.74) is 3.94. The summed E-state index contributed by atoms with van der Waals surface area (Å²) in [5, 5.41) is 5.08. The number of rotatable bonds is 5. The highest BCUT2D eigenvalue weighted by molar-refractivity contribution is 6.31. The van der Waals surface area contributed by atoms with Crippen molar-refractivity contribution in [3.05, 3.63) is 75.9 Å². The molecule has 1 aromatic heterocycles. The molecule has 0 aliphatic heterocycles. The molecule has 1 N–H and O–H groups in total. The number of pyridine rings is 1. The zero-order chi connectivity index (χ0) is 18.7. The minimum absolute atomic E-state index is 0.0165. The van der Waals surface area contributed by atoms with Crippen LogP contribution < -0.4 is 5.32 Å². The second kappa shape index (κ2) is 7.85. The van der Waals surface area contributed by atoms with Crippen molar-refractivity contribution in [3.8, 4) is 0 Å². The third kappa shape index (κ3) is 3.57. The summed E-state index contributed by atoms with van der Waals surface area (Å²) in [7, 11) is 1.39. The number of halogens is 1. The first-order valence-electron chi connectivity index (χ1n) is 8.47. The molecule has 1 atom stereocenters. The topological polar surface area (TPSA) is 51.2 Å². The van der Waals surface area contributed by atoms with Crippen LogP contribution in [0.4, 0.5) is 0 Å². The van der Waals surface area contributed by atoms with Crippen LogP contribution in [0.5, 0.6) is 0 Å². The summed E-state index contributed by atoms with van der Waals surface area (Å²) in [6.45, 7) is 4.40. The maximum Gasteiger partial charge on any atom is 0.340 e. The van der Waals surface area contributed by atoms with Gasteiger partial charge in [-0.2, -0.15) is 0 Å². The minimum atomic E-state index is -0.372. The zero-order valence-corrected chi connectivity index (χ0v) is 15.8. The van der Waals surface area contributed by atoms with E-state index in [1.165, 1.54) is 7.11 Å². The number of methoxy groups -OCH3 is 1. The number of fused-ring (bicyclic) bond motifs is 1. The van der Waals surface area contributed by atoms with Crippen LogP contribution in [0.1, 0.15) is 40.1 Å². The number of benzene rings is 2. The Hall–Kier alpha value is -2.43. The molecular weight excluding hydrogens is 348 g/mol. The number of carbonyl (C=O) groups is 1. The molecule has 3 aromatic rings. The number of nitrogens with one attached hydrogen (secondary N) is 1. The van der Waals surface area contributed by atoms with Gasteiger partial charge in [-0.05, 0) is 37.1 Å². The molecule has 26 heavy (non-hydrogen) atoms. The minimum Gasteiger partial charge on any atom is -0.465 e. The lowest BCUT2D eigenvalue weighted by atomic mass is 10.0. The summed E-state index contributed by atoms with van der Waals surface area (Å²) in [4.78, 5) is 17.1. The van der Waals surface area contributed by atoms with Crippen molar-refractivity contribution in [2.45, 2.75) is 26.4 Å². The number of hydrogen-bond acceptors (Lipinski definition) is 4. The quantitative estimate of drug-likeness (QED) is 0.655. The molecule has 0 unspecified atom stereocenters.